The van der Waals surface area contributed by atoms with Gasteiger partial charge in [0.05, 0.1) is 5.56 Å². The van der Waals surface area contributed by atoms with E-state index in [1.807, 2.05) is 29.2 Å². The van der Waals surface area contributed by atoms with Crippen LogP contribution >= 0.6 is 24.2 Å². The van der Waals surface area contributed by atoms with E-state index in [4.69, 9.17) is 5.73 Å². The van der Waals surface area contributed by atoms with Gasteiger partial charge >= 0.3 is 0 Å². The smallest absolute Gasteiger partial charge is 0.254 e. The Morgan fingerprint density at radius 3 is 2.75 bits per heavy atom. The Hall–Kier alpha value is -0.710. The Morgan fingerprint density at radius 2 is 2.15 bits per heavy atom. The van der Waals surface area contributed by atoms with Crippen molar-refractivity contribution in [3.8, 4) is 0 Å². The Labute approximate surface area is 131 Å². The van der Waals surface area contributed by atoms with Crippen molar-refractivity contribution in [3.63, 3.8) is 0 Å². The molecular formula is C15H23ClN2OS. The van der Waals surface area contributed by atoms with E-state index in [0.29, 0.717) is 17.7 Å². The third-order valence-electron chi connectivity index (χ3n) is 3.39. The SMILES string of the molecule is CC(C)Sc1ccccc1C(=O)N1CCC(CN)C1.Cl. The van der Waals surface area contributed by atoms with Crippen molar-refractivity contribution in [2.24, 2.45) is 11.7 Å². The van der Waals surface area contributed by atoms with Gasteiger partial charge < -0.3 is 10.6 Å². The van der Waals surface area contributed by atoms with Crippen molar-refractivity contribution in [1.82, 2.24) is 4.90 Å². The molecule has 0 aliphatic carbocycles. The number of hydrogen-bond acceptors (Lipinski definition) is 3. The van der Waals surface area contributed by atoms with Gasteiger partial charge in [0.25, 0.3) is 5.91 Å². The monoisotopic (exact) mass is 314 g/mol. The lowest BCUT2D eigenvalue weighted by atomic mass is 10.1. The summed E-state index contributed by atoms with van der Waals surface area (Å²) in [5, 5.41) is 0.476. The van der Waals surface area contributed by atoms with Gasteiger partial charge in [-0.25, -0.2) is 0 Å². The lowest BCUT2D eigenvalue weighted by molar-refractivity contribution is 0.0784. The minimum atomic E-state index is 0. The molecule has 2 rings (SSSR count). The maximum Gasteiger partial charge on any atom is 0.254 e. The van der Waals surface area contributed by atoms with E-state index in [1.54, 1.807) is 11.8 Å². The summed E-state index contributed by atoms with van der Waals surface area (Å²) < 4.78 is 0. The fraction of sp³-hybridized carbons (Fsp3) is 0.533. The fourth-order valence-electron chi connectivity index (χ4n) is 2.38. The highest BCUT2D eigenvalue weighted by molar-refractivity contribution is 8.00. The van der Waals surface area contributed by atoms with Gasteiger partial charge in [-0.3, -0.25) is 4.79 Å². The van der Waals surface area contributed by atoms with E-state index < -0.39 is 0 Å². The van der Waals surface area contributed by atoms with Crippen LogP contribution in [-0.4, -0.2) is 35.7 Å². The largest absolute Gasteiger partial charge is 0.338 e. The first kappa shape index (κ1) is 17.3. The van der Waals surface area contributed by atoms with Gasteiger partial charge in [0, 0.05) is 23.2 Å². The molecule has 1 aliphatic rings. The van der Waals surface area contributed by atoms with Crippen molar-refractivity contribution in [1.29, 1.82) is 0 Å². The van der Waals surface area contributed by atoms with Crippen LogP contribution in [-0.2, 0) is 0 Å². The molecule has 5 heteroatoms. The number of thioether (sulfide) groups is 1. The Balaban J connectivity index is 0.00000200. The molecule has 3 nitrogen and oxygen atoms in total. The number of benzene rings is 1. The minimum Gasteiger partial charge on any atom is -0.338 e. The number of likely N-dealkylation sites (tertiary alicyclic amines) is 1. The number of nitrogens with two attached hydrogens (primary N) is 1. The molecule has 1 aromatic rings. The molecule has 2 N–H and O–H groups in total. The summed E-state index contributed by atoms with van der Waals surface area (Å²) >= 11 is 1.75. The van der Waals surface area contributed by atoms with E-state index in [0.717, 1.165) is 30.0 Å². The highest BCUT2D eigenvalue weighted by atomic mass is 35.5. The van der Waals surface area contributed by atoms with Crippen LogP contribution in [0.5, 0.6) is 0 Å². The maximum absolute atomic E-state index is 12.6. The zero-order valence-corrected chi connectivity index (χ0v) is 13.7. The summed E-state index contributed by atoms with van der Waals surface area (Å²) in [5.74, 6) is 0.619. The Bertz CT molecular complexity index is 453. The second-order valence-corrected chi connectivity index (χ2v) is 6.92. The number of rotatable bonds is 4. The number of halogens is 1. The second-order valence-electron chi connectivity index (χ2n) is 5.30. The van der Waals surface area contributed by atoms with Gasteiger partial charge in [-0.1, -0.05) is 26.0 Å². The van der Waals surface area contributed by atoms with Crippen LogP contribution in [0.25, 0.3) is 0 Å². The summed E-state index contributed by atoms with van der Waals surface area (Å²) in [4.78, 5) is 15.6. The van der Waals surface area contributed by atoms with Crippen LogP contribution in [0.3, 0.4) is 0 Å². The van der Waals surface area contributed by atoms with Crippen LogP contribution in [0.4, 0.5) is 0 Å². The fourth-order valence-corrected chi connectivity index (χ4v) is 3.33. The van der Waals surface area contributed by atoms with E-state index in [-0.39, 0.29) is 18.3 Å². The lowest BCUT2D eigenvalue weighted by Gasteiger charge is -2.18. The maximum atomic E-state index is 12.6. The van der Waals surface area contributed by atoms with Gasteiger partial charge in [-0.05, 0) is 31.0 Å². The number of carbonyl (C=O) groups excluding carboxylic acids is 1. The normalized spacial score (nSPS) is 18.2. The zero-order valence-electron chi connectivity index (χ0n) is 12.0. The molecule has 0 saturated carbocycles. The molecule has 1 aromatic carbocycles. The number of carbonyl (C=O) groups is 1. The molecule has 0 bridgehead atoms. The van der Waals surface area contributed by atoms with Crippen molar-refractivity contribution in [3.05, 3.63) is 29.8 Å². The van der Waals surface area contributed by atoms with Gasteiger partial charge in [-0.15, -0.1) is 24.2 Å². The van der Waals surface area contributed by atoms with Crippen molar-refractivity contribution < 1.29 is 4.79 Å². The molecule has 1 fully saturated rings. The van der Waals surface area contributed by atoms with Crippen LogP contribution in [0.1, 0.15) is 30.6 Å². The van der Waals surface area contributed by atoms with Crippen molar-refractivity contribution in [2.45, 2.75) is 30.4 Å². The summed E-state index contributed by atoms with van der Waals surface area (Å²) in [6.45, 7) is 6.60. The van der Waals surface area contributed by atoms with Crippen LogP contribution in [0, 0.1) is 5.92 Å². The van der Waals surface area contributed by atoms with Crippen molar-refractivity contribution in [2.75, 3.05) is 19.6 Å². The number of nitrogens with zero attached hydrogens (tertiary/aromatic N) is 1. The Morgan fingerprint density at radius 1 is 1.45 bits per heavy atom. The molecule has 1 atom stereocenters. The standard InChI is InChI=1S/C15H22N2OS.ClH/c1-11(2)19-14-6-4-3-5-13(14)15(18)17-8-7-12(9-16)10-17;/h3-6,11-12H,7-10,16H2,1-2H3;1H. The highest BCUT2D eigenvalue weighted by Gasteiger charge is 2.27. The molecule has 0 aromatic heterocycles. The summed E-state index contributed by atoms with van der Waals surface area (Å²) in [6, 6.07) is 7.90. The van der Waals surface area contributed by atoms with E-state index in [1.165, 1.54) is 0 Å². The number of amides is 1. The lowest BCUT2D eigenvalue weighted by Crippen LogP contribution is -2.30. The second kappa shape index (κ2) is 7.91. The van der Waals surface area contributed by atoms with Crippen LogP contribution in [0.15, 0.2) is 29.2 Å². The van der Waals surface area contributed by atoms with Crippen LogP contribution in [0.2, 0.25) is 0 Å². The van der Waals surface area contributed by atoms with Crippen molar-refractivity contribution >= 4 is 30.1 Å². The van der Waals surface area contributed by atoms with Gasteiger partial charge in [-0.2, -0.15) is 0 Å². The third kappa shape index (κ3) is 4.14. The first-order valence-electron chi connectivity index (χ1n) is 6.87. The van der Waals surface area contributed by atoms with Gasteiger partial charge in [0.1, 0.15) is 0 Å². The third-order valence-corrected chi connectivity index (χ3v) is 4.47. The Kier molecular flexibility index (Phi) is 6.86. The van der Waals surface area contributed by atoms with Gasteiger partial charge in [0.15, 0.2) is 0 Å². The number of hydrogen-bond donors (Lipinski definition) is 1. The molecule has 0 radical (unpaired) electrons. The summed E-state index contributed by atoms with van der Waals surface area (Å²) in [5.41, 5.74) is 6.52. The summed E-state index contributed by atoms with van der Waals surface area (Å²) in [6.07, 6.45) is 1.03. The molecule has 1 saturated heterocycles. The van der Waals surface area contributed by atoms with E-state index in [9.17, 15) is 4.79 Å². The molecule has 1 heterocycles. The first-order valence-corrected chi connectivity index (χ1v) is 7.74. The molecular weight excluding hydrogens is 292 g/mol. The summed E-state index contributed by atoms with van der Waals surface area (Å²) in [7, 11) is 0. The minimum absolute atomic E-state index is 0. The molecule has 1 aliphatic heterocycles. The van der Waals surface area contributed by atoms with Crippen LogP contribution < -0.4 is 5.73 Å². The van der Waals surface area contributed by atoms with Gasteiger partial charge in [0.2, 0.25) is 0 Å². The molecule has 0 spiro atoms. The average Bonchev–Trinajstić information content (AvgIpc) is 2.86. The quantitative estimate of drug-likeness (QED) is 0.869. The van der Waals surface area contributed by atoms with E-state index >= 15 is 0 Å². The average molecular weight is 315 g/mol. The zero-order chi connectivity index (χ0) is 13.8. The molecule has 20 heavy (non-hydrogen) atoms. The predicted octanol–water partition coefficient (Wildman–Crippen LogP) is 3.03. The molecule has 1 unspecified atom stereocenters. The highest BCUT2D eigenvalue weighted by Crippen LogP contribution is 2.28. The first-order chi connectivity index (χ1) is 9.11. The molecule has 1 amide bonds. The topological polar surface area (TPSA) is 46.3 Å². The predicted molar refractivity (Wildman–Crippen MR) is 87.7 cm³/mol. The molecule has 112 valence electrons. The van der Waals surface area contributed by atoms with E-state index in [2.05, 4.69) is 13.8 Å².